The number of aliphatic hydroxyl groups is 3. The van der Waals surface area contributed by atoms with Gasteiger partial charge in [-0.15, -0.1) is 0 Å². The van der Waals surface area contributed by atoms with Gasteiger partial charge in [-0.25, -0.2) is 15.0 Å². The molecular weight excluding hydrogens is 492 g/mol. The Hall–Kier alpha value is -3.68. The van der Waals surface area contributed by atoms with E-state index in [1.54, 1.807) is 0 Å². The van der Waals surface area contributed by atoms with E-state index < -0.39 is 31.1 Å². The van der Waals surface area contributed by atoms with Gasteiger partial charge in [0.25, 0.3) is 0 Å². The number of rotatable bonds is 11. The predicted molar refractivity (Wildman–Crippen MR) is 138 cm³/mol. The average Bonchev–Trinajstić information content (AvgIpc) is 3.49. The fourth-order valence-electron chi connectivity index (χ4n) is 4.57. The van der Waals surface area contributed by atoms with Crippen LogP contribution in [0.3, 0.4) is 0 Å². The fraction of sp³-hybridized carbons (Fsp3) is 0.385. The summed E-state index contributed by atoms with van der Waals surface area (Å²) in [7, 11) is 0. The molecule has 0 radical (unpaired) electrons. The molecule has 5 N–H and O–H groups in total. The molecule has 0 aliphatic carbocycles. The van der Waals surface area contributed by atoms with Crippen LogP contribution in [-0.4, -0.2) is 92.0 Å². The highest BCUT2D eigenvalue weighted by molar-refractivity contribution is 5.90. The first-order valence-electron chi connectivity index (χ1n) is 12.4. The Labute approximate surface area is 218 Å². The van der Waals surface area contributed by atoms with E-state index in [1.807, 2.05) is 42.5 Å². The van der Waals surface area contributed by atoms with Gasteiger partial charge in [0.1, 0.15) is 24.6 Å². The van der Waals surface area contributed by atoms with Gasteiger partial charge in [0, 0.05) is 13.1 Å². The first-order chi connectivity index (χ1) is 18.6. The average molecular weight is 523 g/mol. The van der Waals surface area contributed by atoms with Crippen LogP contribution in [0.15, 0.2) is 55.1 Å². The van der Waals surface area contributed by atoms with E-state index in [0.717, 1.165) is 16.3 Å². The molecule has 5 rings (SSSR count). The zero-order chi connectivity index (χ0) is 26.5. The van der Waals surface area contributed by atoms with Gasteiger partial charge in [-0.05, 0) is 16.3 Å². The first-order valence-corrected chi connectivity index (χ1v) is 12.4. The number of aromatic nitrogens is 4. The van der Waals surface area contributed by atoms with Gasteiger partial charge in [-0.3, -0.25) is 9.36 Å². The predicted octanol–water partition coefficient (Wildman–Crippen LogP) is 0.378. The van der Waals surface area contributed by atoms with Crippen molar-refractivity contribution in [1.82, 2.24) is 24.8 Å². The number of fused-ring (bicyclic) bond motifs is 2. The summed E-state index contributed by atoms with van der Waals surface area (Å²) in [6, 6.07) is 14.0. The third-order valence-corrected chi connectivity index (χ3v) is 6.49. The third kappa shape index (κ3) is 5.44. The van der Waals surface area contributed by atoms with Crippen LogP contribution < -0.4 is 10.6 Å². The van der Waals surface area contributed by atoms with Gasteiger partial charge in [-0.1, -0.05) is 42.5 Å². The summed E-state index contributed by atoms with van der Waals surface area (Å²) in [6.45, 7) is 1.16. The number of aliphatic hydroxyl groups excluding tert-OH is 3. The van der Waals surface area contributed by atoms with Crippen LogP contribution in [-0.2, 0) is 20.7 Å². The Morgan fingerprint density at radius 3 is 2.68 bits per heavy atom. The second-order valence-corrected chi connectivity index (χ2v) is 8.98. The number of nitrogens with zero attached hydrogens (tertiary/aromatic N) is 4. The molecular formula is C26H30N6O6. The molecule has 38 heavy (non-hydrogen) atoms. The van der Waals surface area contributed by atoms with Crippen LogP contribution in [0.25, 0.3) is 21.9 Å². The van der Waals surface area contributed by atoms with Crippen LogP contribution in [0.2, 0.25) is 0 Å². The van der Waals surface area contributed by atoms with Gasteiger partial charge >= 0.3 is 0 Å². The van der Waals surface area contributed by atoms with E-state index in [2.05, 4.69) is 25.6 Å². The summed E-state index contributed by atoms with van der Waals surface area (Å²) in [5.74, 6) is 0.420. The fourth-order valence-corrected chi connectivity index (χ4v) is 4.57. The Bertz CT molecular complexity index is 1390. The van der Waals surface area contributed by atoms with Crippen molar-refractivity contribution in [2.75, 3.05) is 38.2 Å². The lowest BCUT2D eigenvalue weighted by Crippen LogP contribution is -2.33. The molecule has 0 spiro atoms. The van der Waals surface area contributed by atoms with Crippen molar-refractivity contribution in [3.63, 3.8) is 0 Å². The topological polar surface area (TPSA) is 164 Å². The minimum atomic E-state index is -1.24. The molecule has 1 amide bonds. The molecule has 3 heterocycles. The summed E-state index contributed by atoms with van der Waals surface area (Å²) in [6.07, 6.45) is -1.18. The number of benzene rings is 2. The van der Waals surface area contributed by atoms with Crippen molar-refractivity contribution >= 4 is 33.7 Å². The van der Waals surface area contributed by atoms with E-state index in [9.17, 15) is 20.1 Å². The van der Waals surface area contributed by atoms with Crippen LogP contribution in [0.5, 0.6) is 0 Å². The van der Waals surface area contributed by atoms with Crippen molar-refractivity contribution in [1.29, 1.82) is 0 Å². The second-order valence-electron chi connectivity index (χ2n) is 8.98. The molecule has 1 aliphatic heterocycles. The van der Waals surface area contributed by atoms with Crippen molar-refractivity contribution < 1.29 is 29.6 Å². The number of hydrogen-bond acceptors (Lipinski definition) is 10. The van der Waals surface area contributed by atoms with Crippen molar-refractivity contribution in [3.05, 3.63) is 60.7 Å². The lowest BCUT2D eigenvalue weighted by atomic mass is 10.0. The third-order valence-electron chi connectivity index (χ3n) is 6.49. The van der Waals surface area contributed by atoms with E-state index in [1.165, 1.54) is 17.2 Å². The van der Waals surface area contributed by atoms with Gasteiger partial charge in [0.2, 0.25) is 5.91 Å². The zero-order valence-corrected chi connectivity index (χ0v) is 20.6. The van der Waals surface area contributed by atoms with Gasteiger partial charge in [-0.2, -0.15) is 0 Å². The molecule has 2 aromatic carbocycles. The number of anilines is 1. The largest absolute Gasteiger partial charge is 0.394 e. The molecule has 4 aromatic rings. The highest BCUT2D eigenvalue weighted by Gasteiger charge is 2.44. The monoisotopic (exact) mass is 522 g/mol. The molecule has 0 unspecified atom stereocenters. The standard InChI is InChI=1S/C26H30N6O6/c33-13-19-22(35)23(36)26(38-19)32-15-31-21-24(29-14-30-25(21)32)28-9-11-37-10-8-27-20(34)12-17-6-3-5-16-4-1-2-7-18(16)17/h1-7,14-15,19,22-23,26,33,35-36H,8-13H2,(H,27,34)(H,28,29,30)/t19-,22-,23-,26-/m1/s1. The van der Waals surface area contributed by atoms with E-state index >= 15 is 0 Å². The lowest BCUT2D eigenvalue weighted by molar-refractivity contribution is -0.120. The number of carbonyl (C=O) groups excluding carboxylic acids is 1. The number of imidazole rings is 1. The van der Waals surface area contributed by atoms with Crippen LogP contribution in [0.1, 0.15) is 11.8 Å². The number of ether oxygens (including phenoxy) is 2. The molecule has 0 saturated carbocycles. The van der Waals surface area contributed by atoms with E-state index in [0.29, 0.717) is 49.7 Å². The molecule has 1 aliphatic rings. The molecule has 1 fully saturated rings. The van der Waals surface area contributed by atoms with Crippen LogP contribution in [0, 0.1) is 0 Å². The Balaban J connectivity index is 1.06. The quantitative estimate of drug-likeness (QED) is 0.174. The van der Waals surface area contributed by atoms with E-state index in [4.69, 9.17) is 9.47 Å². The summed E-state index contributed by atoms with van der Waals surface area (Å²) in [4.78, 5) is 25.2. The minimum absolute atomic E-state index is 0.0590. The molecule has 12 heteroatoms. The van der Waals surface area contributed by atoms with Gasteiger partial charge in [0.15, 0.2) is 23.2 Å². The SMILES string of the molecule is O=C(Cc1cccc2ccccc12)NCCOCCNc1ncnc2c1ncn2[C@@H]1O[C@H](CO)[C@@H](O)[C@H]1O. The van der Waals surface area contributed by atoms with Crippen molar-refractivity contribution in [2.24, 2.45) is 0 Å². The number of amides is 1. The maximum Gasteiger partial charge on any atom is 0.224 e. The normalized spacial score (nSPS) is 21.2. The van der Waals surface area contributed by atoms with Gasteiger partial charge < -0.3 is 35.4 Å². The zero-order valence-electron chi connectivity index (χ0n) is 20.6. The molecule has 4 atom stereocenters. The summed E-state index contributed by atoms with van der Waals surface area (Å²) in [5.41, 5.74) is 1.86. The van der Waals surface area contributed by atoms with Crippen LogP contribution >= 0.6 is 0 Å². The highest BCUT2D eigenvalue weighted by atomic mass is 16.6. The molecule has 200 valence electrons. The second kappa shape index (κ2) is 11.8. The summed E-state index contributed by atoms with van der Waals surface area (Å²) >= 11 is 0. The Morgan fingerprint density at radius 1 is 1.03 bits per heavy atom. The Kier molecular flexibility index (Phi) is 8.05. The van der Waals surface area contributed by atoms with Crippen molar-refractivity contribution in [2.45, 2.75) is 31.0 Å². The molecule has 1 saturated heterocycles. The van der Waals surface area contributed by atoms with Gasteiger partial charge in [0.05, 0.1) is 32.6 Å². The maximum absolute atomic E-state index is 12.4. The smallest absolute Gasteiger partial charge is 0.224 e. The minimum Gasteiger partial charge on any atom is -0.394 e. The molecule has 12 nitrogen and oxygen atoms in total. The molecule has 0 bridgehead atoms. The first kappa shape index (κ1) is 25.9. The highest BCUT2D eigenvalue weighted by Crippen LogP contribution is 2.32. The Morgan fingerprint density at radius 2 is 1.84 bits per heavy atom. The summed E-state index contributed by atoms with van der Waals surface area (Å²) < 4.78 is 12.7. The number of carbonyl (C=O) groups is 1. The summed E-state index contributed by atoms with van der Waals surface area (Å²) in [5, 5.41) is 37.9. The lowest BCUT2D eigenvalue weighted by Gasteiger charge is -2.16. The maximum atomic E-state index is 12.4. The molecule has 2 aromatic heterocycles. The van der Waals surface area contributed by atoms with E-state index in [-0.39, 0.29) is 5.91 Å². The van der Waals surface area contributed by atoms with Crippen LogP contribution in [0.4, 0.5) is 5.82 Å². The number of hydrogen-bond donors (Lipinski definition) is 5. The number of nitrogens with one attached hydrogen (secondary N) is 2. The van der Waals surface area contributed by atoms with Crippen molar-refractivity contribution in [3.8, 4) is 0 Å².